The molecule has 0 spiro atoms. The van der Waals surface area contributed by atoms with Crippen LogP contribution >= 0.6 is 11.6 Å². The summed E-state index contributed by atoms with van der Waals surface area (Å²) >= 11 is 5.86. The van der Waals surface area contributed by atoms with Gasteiger partial charge in [-0.2, -0.15) is 0 Å². The number of hydrogen-bond donors (Lipinski definition) is 0. The van der Waals surface area contributed by atoms with Gasteiger partial charge >= 0.3 is 0 Å². The van der Waals surface area contributed by atoms with Gasteiger partial charge in [-0.05, 0) is 36.4 Å². The van der Waals surface area contributed by atoms with E-state index in [2.05, 4.69) is 0 Å². The maximum Gasteiger partial charge on any atom is 0.270 e. The van der Waals surface area contributed by atoms with Crippen molar-refractivity contribution in [2.45, 2.75) is 0 Å². The molecule has 0 aliphatic carbocycles. The molecule has 0 aliphatic heterocycles. The summed E-state index contributed by atoms with van der Waals surface area (Å²) in [7, 11) is 0. The topological polar surface area (TPSA) is 48.1 Å². The van der Waals surface area contributed by atoms with Crippen LogP contribution in [0, 0.1) is 10.1 Å². The van der Waals surface area contributed by atoms with Gasteiger partial charge in [0, 0.05) is 34.4 Å². The van der Waals surface area contributed by atoms with E-state index in [-0.39, 0.29) is 10.6 Å². The first kappa shape index (κ1) is 11.7. The summed E-state index contributed by atoms with van der Waals surface area (Å²) < 4.78 is 1.97. The third-order valence-corrected chi connectivity index (χ3v) is 3.24. The van der Waals surface area contributed by atoms with Crippen LogP contribution in [0.3, 0.4) is 0 Å². The van der Waals surface area contributed by atoms with Crippen molar-refractivity contribution < 1.29 is 4.92 Å². The number of aromatic nitrogens is 1. The first-order chi connectivity index (χ1) is 9.15. The maximum absolute atomic E-state index is 10.7. The van der Waals surface area contributed by atoms with E-state index < -0.39 is 0 Å². The molecular formula is C14H9ClN2O2. The monoisotopic (exact) mass is 272 g/mol. The summed E-state index contributed by atoms with van der Waals surface area (Å²) in [6.45, 7) is 0. The van der Waals surface area contributed by atoms with E-state index in [1.165, 1.54) is 6.07 Å². The first-order valence-electron chi connectivity index (χ1n) is 5.66. The average Bonchev–Trinajstić information content (AvgIpc) is 2.82. The summed E-state index contributed by atoms with van der Waals surface area (Å²) in [6, 6.07) is 14.1. The number of hydrogen-bond acceptors (Lipinski definition) is 2. The Morgan fingerprint density at radius 2 is 1.79 bits per heavy atom. The lowest BCUT2D eigenvalue weighted by atomic mass is 10.2. The second-order valence-corrected chi connectivity index (χ2v) is 4.60. The van der Waals surface area contributed by atoms with Gasteiger partial charge in [-0.25, -0.2) is 0 Å². The fraction of sp³-hybridized carbons (Fsp3) is 0. The lowest BCUT2D eigenvalue weighted by molar-refractivity contribution is -0.384. The molecule has 4 nitrogen and oxygen atoms in total. The van der Waals surface area contributed by atoms with E-state index in [1.54, 1.807) is 12.1 Å². The lowest BCUT2D eigenvalue weighted by Gasteiger charge is -2.05. The Morgan fingerprint density at radius 3 is 2.47 bits per heavy atom. The van der Waals surface area contributed by atoms with Crippen LogP contribution in [0.4, 0.5) is 5.69 Å². The highest BCUT2D eigenvalue weighted by Crippen LogP contribution is 2.25. The molecule has 19 heavy (non-hydrogen) atoms. The van der Waals surface area contributed by atoms with Gasteiger partial charge in [-0.15, -0.1) is 0 Å². The molecule has 0 saturated heterocycles. The molecule has 3 aromatic rings. The van der Waals surface area contributed by atoms with Crippen LogP contribution < -0.4 is 0 Å². The number of nitrogens with zero attached hydrogens (tertiary/aromatic N) is 2. The van der Waals surface area contributed by atoms with E-state index in [1.807, 2.05) is 41.1 Å². The van der Waals surface area contributed by atoms with Gasteiger partial charge < -0.3 is 4.57 Å². The van der Waals surface area contributed by atoms with E-state index in [0.717, 1.165) is 16.6 Å². The molecule has 0 saturated carbocycles. The molecule has 5 heteroatoms. The van der Waals surface area contributed by atoms with Crippen LogP contribution in [0.5, 0.6) is 0 Å². The van der Waals surface area contributed by atoms with Crippen LogP contribution in [0.25, 0.3) is 16.6 Å². The minimum absolute atomic E-state index is 0.0985. The van der Waals surface area contributed by atoms with Gasteiger partial charge in [-0.1, -0.05) is 11.6 Å². The minimum atomic E-state index is -0.390. The standard InChI is InChI=1S/C14H9ClN2O2/c15-11-1-3-12(4-2-11)16-8-7-10-9-13(17(18)19)5-6-14(10)16/h1-9H. The second-order valence-electron chi connectivity index (χ2n) is 4.16. The van der Waals surface area contributed by atoms with Crippen LogP contribution in [-0.4, -0.2) is 9.49 Å². The average molecular weight is 273 g/mol. The van der Waals surface area contributed by atoms with E-state index in [0.29, 0.717) is 5.02 Å². The number of nitro benzene ring substituents is 1. The molecule has 94 valence electrons. The summed E-state index contributed by atoms with van der Waals surface area (Å²) in [5.74, 6) is 0. The molecule has 0 unspecified atom stereocenters. The molecular weight excluding hydrogens is 264 g/mol. The van der Waals surface area contributed by atoms with Crippen LogP contribution in [0.1, 0.15) is 0 Å². The molecule has 1 aromatic heterocycles. The number of rotatable bonds is 2. The van der Waals surface area contributed by atoms with Gasteiger partial charge in [0.25, 0.3) is 5.69 Å². The third kappa shape index (κ3) is 2.06. The molecule has 0 amide bonds. The first-order valence-corrected chi connectivity index (χ1v) is 6.04. The normalized spacial score (nSPS) is 10.8. The van der Waals surface area contributed by atoms with Crippen molar-refractivity contribution in [2.24, 2.45) is 0 Å². The molecule has 0 bridgehead atoms. The molecule has 0 N–H and O–H groups in total. The van der Waals surface area contributed by atoms with Gasteiger partial charge in [0.2, 0.25) is 0 Å². The summed E-state index contributed by atoms with van der Waals surface area (Å²) in [5.41, 5.74) is 1.99. The number of halogens is 1. The third-order valence-electron chi connectivity index (χ3n) is 2.99. The molecule has 2 aromatic carbocycles. The van der Waals surface area contributed by atoms with Crippen molar-refractivity contribution in [1.29, 1.82) is 0 Å². The largest absolute Gasteiger partial charge is 0.317 e. The predicted octanol–water partition coefficient (Wildman–Crippen LogP) is 4.19. The van der Waals surface area contributed by atoms with Crippen LogP contribution in [-0.2, 0) is 0 Å². The van der Waals surface area contributed by atoms with Crippen molar-refractivity contribution in [3.05, 3.63) is 69.9 Å². The Bertz CT molecular complexity index is 763. The Kier molecular flexibility index (Phi) is 2.72. The predicted molar refractivity (Wildman–Crippen MR) is 74.9 cm³/mol. The Morgan fingerprint density at radius 1 is 1.05 bits per heavy atom. The highest BCUT2D eigenvalue weighted by atomic mass is 35.5. The smallest absolute Gasteiger partial charge is 0.270 e. The summed E-state index contributed by atoms with van der Waals surface area (Å²) in [4.78, 5) is 10.4. The Balaban J connectivity index is 2.15. The lowest BCUT2D eigenvalue weighted by Crippen LogP contribution is -1.92. The van der Waals surface area contributed by atoms with Crippen LogP contribution in [0.15, 0.2) is 54.7 Å². The zero-order valence-corrected chi connectivity index (χ0v) is 10.5. The van der Waals surface area contributed by atoms with Crippen LogP contribution in [0.2, 0.25) is 5.02 Å². The van der Waals surface area contributed by atoms with Crippen molar-refractivity contribution in [1.82, 2.24) is 4.57 Å². The number of non-ortho nitro benzene ring substituents is 1. The van der Waals surface area contributed by atoms with Gasteiger partial charge in [0.1, 0.15) is 0 Å². The van der Waals surface area contributed by atoms with E-state index >= 15 is 0 Å². The quantitative estimate of drug-likeness (QED) is 0.519. The van der Waals surface area contributed by atoms with E-state index in [9.17, 15) is 10.1 Å². The van der Waals surface area contributed by atoms with Gasteiger partial charge in [-0.3, -0.25) is 10.1 Å². The molecule has 0 radical (unpaired) electrons. The van der Waals surface area contributed by atoms with E-state index in [4.69, 9.17) is 11.6 Å². The Hall–Kier alpha value is -2.33. The molecule has 0 fully saturated rings. The highest BCUT2D eigenvalue weighted by molar-refractivity contribution is 6.30. The zero-order chi connectivity index (χ0) is 13.4. The zero-order valence-electron chi connectivity index (χ0n) is 9.79. The Labute approximate surface area is 114 Å². The molecule has 3 rings (SSSR count). The fourth-order valence-corrected chi connectivity index (χ4v) is 2.20. The van der Waals surface area contributed by atoms with Gasteiger partial charge in [0.05, 0.1) is 10.4 Å². The maximum atomic E-state index is 10.7. The highest BCUT2D eigenvalue weighted by Gasteiger charge is 2.09. The van der Waals surface area contributed by atoms with Crippen molar-refractivity contribution in [3.63, 3.8) is 0 Å². The van der Waals surface area contributed by atoms with Crippen molar-refractivity contribution in [2.75, 3.05) is 0 Å². The van der Waals surface area contributed by atoms with Crippen molar-refractivity contribution in [3.8, 4) is 5.69 Å². The summed E-state index contributed by atoms with van der Waals surface area (Å²) in [6.07, 6.45) is 1.89. The molecule has 1 heterocycles. The number of benzene rings is 2. The summed E-state index contributed by atoms with van der Waals surface area (Å²) in [5, 5.41) is 12.3. The second kappa shape index (κ2) is 4.40. The number of nitro groups is 1. The fourth-order valence-electron chi connectivity index (χ4n) is 2.07. The minimum Gasteiger partial charge on any atom is -0.317 e. The SMILES string of the molecule is O=[N+]([O-])c1ccc2c(ccn2-c2ccc(Cl)cc2)c1. The molecule has 0 atom stereocenters. The van der Waals surface area contributed by atoms with Crippen molar-refractivity contribution >= 4 is 28.2 Å². The van der Waals surface area contributed by atoms with Gasteiger partial charge in [0.15, 0.2) is 0 Å². The molecule has 0 aliphatic rings. The number of fused-ring (bicyclic) bond motifs is 1.